The van der Waals surface area contributed by atoms with Crippen LogP contribution in [0, 0.1) is 0 Å². The maximum atomic E-state index is 13.1. The van der Waals surface area contributed by atoms with Crippen molar-refractivity contribution in [2.24, 2.45) is 7.05 Å². The van der Waals surface area contributed by atoms with Crippen molar-refractivity contribution in [2.75, 3.05) is 5.32 Å². The number of imidazole rings is 1. The normalized spacial score (nSPS) is 18.9. The molecule has 1 saturated carbocycles. The number of nitrogens with zero attached hydrogens (tertiary/aromatic N) is 5. The third-order valence-corrected chi connectivity index (χ3v) is 5.83. The quantitative estimate of drug-likeness (QED) is 0.530. The number of anilines is 1. The molecule has 1 aliphatic carbocycles. The molecule has 1 aliphatic rings. The lowest BCUT2D eigenvalue weighted by molar-refractivity contribution is 0.101. The fourth-order valence-electron chi connectivity index (χ4n) is 4.33. The molecule has 0 bridgehead atoms. The Morgan fingerprint density at radius 1 is 1.23 bits per heavy atom. The fraction of sp³-hybridized carbons (Fsp3) is 0.304. The first-order valence-corrected chi connectivity index (χ1v) is 10.5. The average Bonchev–Trinajstić information content (AvgIpc) is 3.37. The van der Waals surface area contributed by atoms with E-state index >= 15 is 0 Å². The third kappa shape index (κ3) is 3.82. The van der Waals surface area contributed by atoms with Crippen LogP contribution >= 0.6 is 0 Å². The van der Waals surface area contributed by atoms with Crippen LogP contribution in [0.15, 0.2) is 55.0 Å². The van der Waals surface area contributed by atoms with Crippen molar-refractivity contribution < 1.29 is 9.90 Å². The minimum atomic E-state index is -0.328. The number of aliphatic hydroxyl groups is 1. The van der Waals surface area contributed by atoms with Gasteiger partial charge in [-0.15, -0.1) is 0 Å². The van der Waals surface area contributed by atoms with Gasteiger partial charge < -0.3 is 9.67 Å². The molecular formula is C23H24N6O2. The molecule has 1 amide bonds. The molecule has 2 atom stereocenters. The summed E-state index contributed by atoms with van der Waals surface area (Å²) in [7, 11) is 1.84. The molecule has 1 fully saturated rings. The molecule has 5 rings (SSSR count). The molecule has 8 nitrogen and oxygen atoms in total. The minimum absolute atomic E-state index is 0.0924. The smallest absolute Gasteiger partial charge is 0.258 e. The Hall–Kier alpha value is -3.52. The number of nitrogens with one attached hydrogen (secondary N) is 1. The van der Waals surface area contributed by atoms with Crippen LogP contribution in [0.1, 0.15) is 42.1 Å². The first-order chi connectivity index (χ1) is 15.1. The number of fused-ring (bicyclic) bond motifs is 1. The first-order valence-electron chi connectivity index (χ1n) is 10.5. The van der Waals surface area contributed by atoms with E-state index in [2.05, 4.69) is 25.0 Å². The van der Waals surface area contributed by atoms with E-state index in [4.69, 9.17) is 0 Å². The number of carbonyl (C=O) groups is 1. The highest BCUT2D eigenvalue weighted by Gasteiger charge is 2.26. The molecule has 0 radical (unpaired) electrons. The number of carbonyl (C=O) groups excluding carboxylic acids is 1. The molecule has 3 aromatic heterocycles. The molecule has 1 aromatic carbocycles. The van der Waals surface area contributed by atoms with Gasteiger partial charge >= 0.3 is 0 Å². The summed E-state index contributed by atoms with van der Waals surface area (Å²) in [5.41, 5.74) is 3.81. The highest BCUT2D eigenvalue weighted by molar-refractivity contribution is 6.04. The van der Waals surface area contributed by atoms with Crippen molar-refractivity contribution in [2.45, 2.75) is 37.8 Å². The van der Waals surface area contributed by atoms with Gasteiger partial charge in [0.1, 0.15) is 0 Å². The minimum Gasteiger partial charge on any atom is -0.393 e. The van der Waals surface area contributed by atoms with Crippen molar-refractivity contribution in [1.82, 2.24) is 24.3 Å². The van der Waals surface area contributed by atoms with E-state index in [0.717, 1.165) is 35.9 Å². The van der Waals surface area contributed by atoms with Crippen LogP contribution in [0.25, 0.3) is 22.3 Å². The van der Waals surface area contributed by atoms with Gasteiger partial charge in [0.15, 0.2) is 0 Å². The molecule has 3 heterocycles. The summed E-state index contributed by atoms with van der Waals surface area (Å²) < 4.78 is 3.77. The van der Waals surface area contributed by atoms with Gasteiger partial charge in [0, 0.05) is 36.6 Å². The number of hydrogen-bond donors (Lipinski definition) is 2. The number of aromatic nitrogens is 5. The molecule has 0 unspecified atom stereocenters. The van der Waals surface area contributed by atoms with Crippen LogP contribution < -0.4 is 5.32 Å². The predicted octanol–water partition coefficient (Wildman–Crippen LogP) is 3.56. The van der Waals surface area contributed by atoms with Crippen molar-refractivity contribution in [3.8, 4) is 11.3 Å². The van der Waals surface area contributed by atoms with Crippen molar-refractivity contribution in [3.63, 3.8) is 0 Å². The van der Waals surface area contributed by atoms with Crippen LogP contribution in [0.2, 0.25) is 0 Å². The molecular weight excluding hydrogens is 392 g/mol. The van der Waals surface area contributed by atoms with Crippen LogP contribution in [0.5, 0.6) is 0 Å². The number of para-hydroxylation sites is 2. The Labute approximate surface area is 179 Å². The Morgan fingerprint density at radius 2 is 2.10 bits per heavy atom. The fourth-order valence-corrected chi connectivity index (χ4v) is 4.33. The summed E-state index contributed by atoms with van der Waals surface area (Å²) in [6.07, 6.45) is 8.24. The topological polar surface area (TPSA) is 97.9 Å². The summed E-state index contributed by atoms with van der Waals surface area (Å²) in [6, 6.07) is 11.4. The van der Waals surface area contributed by atoms with E-state index < -0.39 is 0 Å². The van der Waals surface area contributed by atoms with Gasteiger partial charge in [-0.1, -0.05) is 12.1 Å². The molecule has 8 heteroatoms. The standard InChI is InChI=1S/C23H24N6O2/c1-28-14-16(13-25-28)20-11-15(9-10-24-20)22(31)27-23-26-19-7-2-3-8-21(19)29(23)17-5-4-6-18(30)12-17/h2-3,7-11,13-14,17-18,30H,4-6,12H2,1H3,(H,26,27,31)/t17-,18+/m0/s1. The van der Waals surface area contributed by atoms with E-state index in [1.54, 1.807) is 29.2 Å². The Bertz CT molecular complexity index is 1240. The molecule has 31 heavy (non-hydrogen) atoms. The summed E-state index contributed by atoms with van der Waals surface area (Å²) in [5, 5.41) is 17.4. The zero-order valence-electron chi connectivity index (χ0n) is 17.3. The summed E-state index contributed by atoms with van der Waals surface area (Å²) in [6.45, 7) is 0. The highest BCUT2D eigenvalue weighted by Crippen LogP contribution is 2.34. The van der Waals surface area contributed by atoms with Crippen molar-refractivity contribution >= 4 is 22.9 Å². The second-order valence-corrected chi connectivity index (χ2v) is 8.05. The largest absolute Gasteiger partial charge is 0.393 e. The lowest BCUT2D eigenvalue weighted by atomic mass is 9.92. The number of pyridine rings is 1. The summed E-state index contributed by atoms with van der Waals surface area (Å²) >= 11 is 0. The van der Waals surface area contributed by atoms with E-state index in [0.29, 0.717) is 23.6 Å². The van der Waals surface area contributed by atoms with Crippen LogP contribution in [0.3, 0.4) is 0 Å². The number of aliphatic hydroxyl groups excluding tert-OH is 1. The number of rotatable bonds is 4. The zero-order chi connectivity index (χ0) is 21.4. The third-order valence-electron chi connectivity index (χ3n) is 5.83. The maximum Gasteiger partial charge on any atom is 0.258 e. The molecule has 158 valence electrons. The number of benzene rings is 1. The first kappa shape index (κ1) is 19.4. The average molecular weight is 416 g/mol. The molecule has 0 aliphatic heterocycles. The molecule has 2 N–H and O–H groups in total. The zero-order valence-corrected chi connectivity index (χ0v) is 17.3. The van der Waals surface area contributed by atoms with E-state index in [1.807, 2.05) is 37.5 Å². The molecule has 0 saturated heterocycles. The highest BCUT2D eigenvalue weighted by atomic mass is 16.3. The van der Waals surface area contributed by atoms with Crippen LogP contribution in [-0.2, 0) is 7.05 Å². The van der Waals surface area contributed by atoms with Gasteiger partial charge in [-0.05, 0) is 49.9 Å². The lowest BCUT2D eigenvalue weighted by Crippen LogP contribution is -2.25. The van der Waals surface area contributed by atoms with Crippen molar-refractivity contribution in [3.05, 3.63) is 60.6 Å². The number of aryl methyl sites for hydroxylation is 1. The van der Waals surface area contributed by atoms with Gasteiger partial charge in [0.05, 0.1) is 29.0 Å². The van der Waals surface area contributed by atoms with Crippen molar-refractivity contribution in [1.29, 1.82) is 0 Å². The van der Waals surface area contributed by atoms with E-state index in [-0.39, 0.29) is 18.1 Å². The second-order valence-electron chi connectivity index (χ2n) is 8.05. The Kier molecular flexibility index (Phi) is 4.99. The van der Waals surface area contributed by atoms with Gasteiger partial charge in [0.25, 0.3) is 5.91 Å². The molecule has 0 spiro atoms. The predicted molar refractivity (Wildman–Crippen MR) is 118 cm³/mol. The van der Waals surface area contributed by atoms with Crippen LogP contribution in [0.4, 0.5) is 5.95 Å². The number of hydrogen-bond acceptors (Lipinski definition) is 5. The van der Waals surface area contributed by atoms with Gasteiger partial charge in [0.2, 0.25) is 5.95 Å². The maximum absolute atomic E-state index is 13.1. The SMILES string of the molecule is Cn1cc(-c2cc(C(=O)Nc3nc4ccccc4n3[C@H]3CCC[C@@H](O)C3)ccn2)cn1. The summed E-state index contributed by atoms with van der Waals surface area (Å²) in [5.74, 6) is 0.255. The second kappa shape index (κ2) is 7.96. The van der Waals surface area contributed by atoms with Gasteiger partial charge in [-0.2, -0.15) is 5.10 Å². The Morgan fingerprint density at radius 3 is 2.90 bits per heavy atom. The Balaban J connectivity index is 1.48. The monoisotopic (exact) mass is 416 g/mol. The summed E-state index contributed by atoms with van der Waals surface area (Å²) in [4.78, 5) is 22.2. The lowest BCUT2D eigenvalue weighted by Gasteiger charge is -2.28. The molecule has 4 aromatic rings. The van der Waals surface area contributed by atoms with Gasteiger partial charge in [-0.25, -0.2) is 4.98 Å². The van der Waals surface area contributed by atoms with E-state index in [1.165, 1.54) is 0 Å². The number of amides is 1. The van der Waals surface area contributed by atoms with Gasteiger partial charge in [-0.3, -0.25) is 19.8 Å². The van der Waals surface area contributed by atoms with Crippen LogP contribution in [-0.4, -0.2) is 41.4 Å². The van der Waals surface area contributed by atoms with E-state index in [9.17, 15) is 9.90 Å².